The third-order valence-electron chi connectivity index (χ3n) is 2.38. The van der Waals surface area contributed by atoms with E-state index in [1.807, 2.05) is 0 Å². The number of hydrogen-bond acceptors (Lipinski definition) is 1. The zero-order valence-electron chi connectivity index (χ0n) is 7.26. The fraction of sp³-hybridized carbons (Fsp3) is 1.00. The lowest BCUT2D eigenvalue weighted by atomic mass is 9.86. The minimum atomic E-state index is 0.779. The minimum Gasteiger partial charge on any atom is -0.381 e. The SMILES string of the molecule is CC(C)[C@H]1COC[C@@H](C)C1. The van der Waals surface area contributed by atoms with Crippen LogP contribution in [-0.2, 0) is 4.74 Å². The van der Waals surface area contributed by atoms with E-state index >= 15 is 0 Å². The van der Waals surface area contributed by atoms with Crippen LogP contribution < -0.4 is 0 Å². The molecule has 1 fully saturated rings. The van der Waals surface area contributed by atoms with Crippen molar-refractivity contribution >= 4 is 0 Å². The van der Waals surface area contributed by atoms with Gasteiger partial charge in [0, 0.05) is 13.2 Å². The van der Waals surface area contributed by atoms with Crippen LogP contribution in [0.5, 0.6) is 0 Å². The smallest absolute Gasteiger partial charge is 0.0496 e. The second-order valence-electron chi connectivity index (χ2n) is 3.88. The summed E-state index contributed by atoms with van der Waals surface area (Å²) in [6.07, 6.45) is 1.36. The summed E-state index contributed by atoms with van der Waals surface area (Å²) in [6, 6.07) is 0. The molecule has 1 aliphatic rings. The molecule has 1 heterocycles. The Bertz CT molecular complexity index is 98.9. The quantitative estimate of drug-likeness (QED) is 0.546. The van der Waals surface area contributed by atoms with E-state index in [4.69, 9.17) is 4.74 Å². The monoisotopic (exact) mass is 142 g/mol. The summed E-state index contributed by atoms with van der Waals surface area (Å²) in [5, 5.41) is 0. The highest BCUT2D eigenvalue weighted by Gasteiger charge is 2.21. The van der Waals surface area contributed by atoms with Crippen LogP contribution in [0.4, 0.5) is 0 Å². The summed E-state index contributed by atoms with van der Waals surface area (Å²) in [4.78, 5) is 0. The summed E-state index contributed by atoms with van der Waals surface area (Å²) in [5.74, 6) is 2.38. The average molecular weight is 142 g/mol. The number of rotatable bonds is 1. The molecule has 1 nitrogen and oxygen atoms in total. The first kappa shape index (κ1) is 8.06. The van der Waals surface area contributed by atoms with Crippen LogP contribution in [0.3, 0.4) is 0 Å². The fourth-order valence-electron chi connectivity index (χ4n) is 1.54. The highest BCUT2D eigenvalue weighted by Crippen LogP contribution is 2.24. The molecule has 10 heavy (non-hydrogen) atoms. The molecule has 0 unspecified atom stereocenters. The molecule has 0 aromatic carbocycles. The van der Waals surface area contributed by atoms with E-state index in [1.165, 1.54) is 6.42 Å². The molecule has 0 amide bonds. The van der Waals surface area contributed by atoms with Gasteiger partial charge in [-0.3, -0.25) is 0 Å². The molecule has 1 saturated heterocycles. The second kappa shape index (κ2) is 3.38. The molecule has 0 radical (unpaired) electrons. The first-order chi connectivity index (χ1) is 4.70. The highest BCUT2D eigenvalue weighted by molar-refractivity contribution is 4.70. The van der Waals surface area contributed by atoms with Crippen molar-refractivity contribution < 1.29 is 4.74 Å². The normalized spacial score (nSPS) is 34.8. The Labute approximate surface area is 63.8 Å². The first-order valence-electron chi connectivity index (χ1n) is 4.28. The zero-order chi connectivity index (χ0) is 7.56. The molecule has 0 bridgehead atoms. The van der Waals surface area contributed by atoms with E-state index in [9.17, 15) is 0 Å². The van der Waals surface area contributed by atoms with Gasteiger partial charge in [-0.2, -0.15) is 0 Å². The zero-order valence-corrected chi connectivity index (χ0v) is 7.26. The Morgan fingerprint density at radius 1 is 1.30 bits per heavy atom. The lowest BCUT2D eigenvalue weighted by Crippen LogP contribution is -2.27. The Morgan fingerprint density at radius 2 is 2.00 bits per heavy atom. The van der Waals surface area contributed by atoms with E-state index in [0.29, 0.717) is 0 Å². The summed E-state index contributed by atoms with van der Waals surface area (Å²) >= 11 is 0. The van der Waals surface area contributed by atoms with Gasteiger partial charge in [0.05, 0.1) is 0 Å². The van der Waals surface area contributed by atoms with Crippen LogP contribution >= 0.6 is 0 Å². The molecule has 1 aliphatic heterocycles. The maximum Gasteiger partial charge on any atom is 0.0496 e. The average Bonchev–Trinajstić information content (AvgIpc) is 1.88. The van der Waals surface area contributed by atoms with Crippen molar-refractivity contribution in [1.82, 2.24) is 0 Å². The predicted molar refractivity (Wildman–Crippen MR) is 42.9 cm³/mol. The van der Waals surface area contributed by atoms with Crippen molar-refractivity contribution in [1.29, 1.82) is 0 Å². The van der Waals surface area contributed by atoms with Crippen molar-refractivity contribution in [3.05, 3.63) is 0 Å². The molecule has 0 aromatic heterocycles. The maximum atomic E-state index is 5.46. The van der Waals surface area contributed by atoms with Crippen molar-refractivity contribution in [2.45, 2.75) is 27.2 Å². The first-order valence-corrected chi connectivity index (χ1v) is 4.28. The van der Waals surface area contributed by atoms with Gasteiger partial charge in [-0.15, -0.1) is 0 Å². The van der Waals surface area contributed by atoms with Gasteiger partial charge >= 0.3 is 0 Å². The predicted octanol–water partition coefficient (Wildman–Crippen LogP) is 2.32. The van der Waals surface area contributed by atoms with Crippen LogP contribution in [0.2, 0.25) is 0 Å². The largest absolute Gasteiger partial charge is 0.381 e. The van der Waals surface area contributed by atoms with Crippen LogP contribution in [0.1, 0.15) is 27.2 Å². The van der Waals surface area contributed by atoms with Gasteiger partial charge in [-0.1, -0.05) is 20.8 Å². The van der Waals surface area contributed by atoms with Crippen LogP contribution in [0.15, 0.2) is 0 Å². The van der Waals surface area contributed by atoms with Gasteiger partial charge < -0.3 is 4.74 Å². The van der Waals surface area contributed by atoms with Crippen molar-refractivity contribution in [3.8, 4) is 0 Å². The third-order valence-corrected chi connectivity index (χ3v) is 2.38. The summed E-state index contributed by atoms with van der Waals surface area (Å²) in [7, 11) is 0. The lowest BCUT2D eigenvalue weighted by molar-refractivity contribution is 0.00532. The minimum absolute atomic E-state index is 0.779. The Morgan fingerprint density at radius 3 is 2.40 bits per heavy atom. The van der Waals surface area contributed by atoms with E-state index < -0.39 is 0 Å². The fourth-order valence-corrected chi connectivity index (χ4v) is 1.54. The number of ether oxygens (including phenoxy) is 1. The molecule has 1 rings (SSSR count). The topological polar surface area (TPSA) is 9.23 Å². The lowest BCUT2D eigenvalue weighted by Gasteiger charge is -2.29. The third kappa shape index (κ3) is 1.98. The highest BCUT2D eigenvalue weighted by atomic mass is 16.5. The van der Waals surface area contributed by atoms with Gasteiger partial charge in [-0.25, -0.2) is 0 Å². The number of hydrogen-bond donors (Lipinski definition) is 0. The van der Waals surface area contributed by atoms with E-state index in [1.54, 1.807) is 0 Å². The van der Waals surface area contributed by atoms with Gasteiger partial charge in [0.1, 0.15) is 0 Å². The molecule has 0 aromatic rings. The molecule has 2 atom stereocenters. The molecule has 60 valence electrons. The van der Waals surface area contributed by atoms with Crippen LogP contribution in [0.25, 0.3) is 0 Å². The molecule has 0 N–H and O–H groups in total. The maximum absolute atomic E-state index is 5.46. The summed E-state index contributed by atoms with van der Waals surface area (Å²) in [6.45, 7) is 8.80. The summed E-state index contributed by atoms with van der Waals surface area (Å²) in [5.41, 5.74) is 0. The van der Waals surface area contributed by atoms with Crippen LogP contribution in [0, 0.1) is 17.8 Å². The van der Waals surface area contributed by atoms with Crippen molar-refractivity contribution in [2.24, 2.45) is 17.8 Å². The summed E-state index contributed by atoms with van der Waals surface area (Å²) < 4.78 is 5.46. The Kier molecular flexibility index (Phi) is 2.72. The van der Waals surface area contributed by atoms with E-state index in [0.717, 1.165) is 31.0 Å². The molecule has 0 saturated carbocycles. The standard InChI is InChI=1S/C9H18O/c1-7(2)9-4-8(3)5-10-6-9/h7-9H,4-6H2,1-3H3/t8-,9+/m0/s1. The second-order valence-corrected chi connectivity index (χ2v) is 3.88. The molecule has 1 heteroatoms. The van der Waals surface area contributed by atoms with E-state index in [2.05, 4.69) is 20.8 Å². The van der Waals surface area contributed by atoms with Crippen molar-refractivity contribution in [3.63, 3.8) is 0 Å². The van der Waals surface area contributed by atoms with Gasteiger partial charge in [0.15, 0.2) is 0 Å². The van der Waals surface area contributed by atoms with Crippen LogP contribution in [-0.4, -0.2) is 13.2 Å². The van der Waals surface area contributed by atoms with Crippen molar-refractivity contribution in [2.75, 3.05) is 13.2 Å². The van der Waals surface area contributed by atoms with Gasteiger partial charge in [0.2, 0.25) is 0 Å². The Hall–Kier alpha value is -0.0400. The Balaban J connectivity index is 2.32. The molecule has 0 aliphatic carbocycles. The molecule has 0 spiro atoms. The molecular formula is C9H18O. The van der Waals surface area contributed by atoms with E-state index in [-0.39, 0.29) is 0 Å². The van der Waals surface area contributed by atoms with Gasteiger partial charge in [-0.05, 0) is 24.2 Å². The molecular weight excluding hydrogens is 124 g/mol. The van der Waals surface area contributed by atoms with Gasteiger partial charge in [0.25, 0.3) is 0 Å².